The van der Waals surface area contributed by atoms with Crippen LogP contribution in [0.15, 0.2) is 23.6 Å². The third kappa shape index (κ3) is 4.73. The molecule has 0 radical (unpaired) electrons. The molecule has 0 atom stereocenters. The van der Waals surface area contributed by atoms with Crippen molar-refractivity contribution in [1.29, 1.82) is 0 Å². The Labute approximate surface area is 160 Å². The van der Waals surface area contributed by atoms with Crippen molar-refractivity contribution in [3.05, 3.63) is 23.6 Å². The molecule has 0 aliphatic heterocycles. The lowest BCUT2D eigenvalue weighted by atomic mass is 10.2. The Hall–Kier alpha value is -1.68. The quantitative estimate of drug-likeness (QED) is 0.338. The maximum absolute atomic E-state index is 6.13. The second kappa shape index (κ2) is 9.86. The van der Waals surface area contributed by atoms with Gasteiger partial charge in [0.1, 0.15) is 0 Å². The molecule has 0 saturated heterocycles. The lowest BCUT2D eigenvalue weighted by Gasteiger charge is -2.13. The summed E-state index contributed by atoms with van der Waals surface area (Å²) in [5.41, 5.74) is 2.33. The first-order valence-corrected chi connectivity index (χ1v) is 11.0. The van der Waals surface area contributed by atoms with Crippen LogP contribution in [0.25, 0.3) is 21.1 Å². The van der Waals surface area contributed by atoms with E-state index in [0.717, 1.165) is 43.1 Å². The van der Waals surface area contributed by atoms with Gasteiger partial charge < -0.3 is 14.5 Å². The first kappa shape index (κ1) is 19.1. The van der Waals surface area contributed by atoms with E-state index in [1.165, 1.54) is 54.1 Å². The minimum absolute atomic E-state index is 0.757. The molecule has 142 valence electrons. The van der Waals surface area contributed by atoms with Crippen LogP contribution < -0.4 is 9.47 Å². The fraction of sp³-hybridized carbons (Fsp3) is 0.545. The molecule has 0 aliphatic rings. The number of aromatic amines is 1. The number of nitrogens with one attached hydrogen (secondary N) is 1. The van der Waals surface area contributed by atoms with Gasteiger partial charge in [-0.3, -0.25) is 0 Å². The highest BCUT2D eigenvalue weighted by molar-refractivity contribution is 7.18. The largest absolute Gasteiger partial charge is 0.490 e. The van der Waals surface area contributed by atoms with E-state index in [0.29, 0.717) is 0 Å². The minimum atomic E-state index is 0.757. The SMILES string of the molecule is CCCCCCOc1cc2[nH]c3ccsc3c2cc1OCCCCCC. The van der Waals surface area contributed by atoms with Gasteiger partial charge in [-0.15, -0.1) is 11.3 Å². The van der Waals surface area contributed by atoms with Gasteiger partial charge in [-0.2, -0.15) is 0 Å². The van der Waals surface area contributed by atoms with Gasteiger partial charge in [-0.05, 0) is 30.4 Å². The molecule has 0 spiro atoms. The molecule has 3 aromatic rings. The maximum atomic E-state index is 6.13. The number of fused-ring (bicyclic) bond motifs is 3. The van der Waals surface area contributed by atoms with Crippen LogP contribution in [0, 0.1) is 0 Å². The van der Waals surface area contributed by atoms with Crippen LogP contribution in [-0.4, -0.2) is 18.2 Å². The molecule has 4 heteroatoms. The first-order valence-electron chi connectivity index (χ1n) is 10.1. The number of H-pyrrole nitrogens is 1. The predicted molar refractivity (Wildman–Crippen MR) is 113 cm³/mol. The number of hydrogen-bond acceptors (Lipinski definition) is 3. The molecule has 0 fully saturated rings. The van der Waals surface area contributed by atoms with Crippen molar-refractivity contribution in [3.63, 3.8) is 0 Å². The van der Waals surface area contributed by atoms with Gasteiger partial charge in [0.15, 0.2) is 11.5 Å². The lowest BCUT2D eigenvalue weighted by molar-refractivity contribution is 0.259. The van der Waals surface area contributed by atoms with Gasteiger partial charge in [0.05, 0.1) is 28.9 Å². The predicted octanol–water partition coefficient (Wildman–Crippen LogP) is 7.30. The third-order valence-corrected chi connectivity index (χ3v) is 5.72. The van der Waals surface area contributed by atoms with Crippen molar-refractivity contribution in [2.45, 2.75) is 65.2 Å². The second-order valence-electron chi connectivity index (χ2n) is 6.95. The normalized spacial score (nSPS) is 11.5. The Morgan fingerprint density at radius 3 is 2.12 bits per heavy atom. The summed E-state index contributed by atoms with van der Waals surface area (Å²) in [6.45, 7) is 5.98. The molecule has 26 heavy (non-hydrogen) atoms. The molecule has 1 N–H and O–H groups in total. The molecule has 2 aromatic heterocycles. The van der Waals surface area contributed by atoms with Crippen LogP contribution >= 0.6 is 11.3 Å². The van der Waals surface area contributed by atoms with E-state index in [1.807, 2.05) is 0 Å². The number of ether oxygens (including phenoxy) is 2. The zero-order valence-electron chi connectivity index (χ0n) is 16.1. The third-order valence-electron chi connectivity index (χ3n) is 4.77. The highest BCUT2D eigenvalue weighted by atomic mass is 32.1. The number of rotatable bonds is 12. The molecule has 0 saturated carbocycles. The number of unbranched alkanes of at least 4 members (excludes halogenated alkanes) is 6. The standard InChI is InChI=1S/C22H31NO2S/c1-3-5-7-9-12-24-20-15-17-19(23-18-11-14-26-22(17)18)16-21(20)25-13-10-8-6-4-2/h11,14-16,23H,3-10,12-13H2,1-2H3. The average Bonchev–Trinajstić information content (AvgIpc) is 3.22. The van der Waals surface area contributed by atoms with E-state index >= 15 is 0 Å². The fourth-order valence-corrected chi connectivity index (χ4v) is 4.14. The summed E-state index contributed by atoms with van der Waals surface area (Å²) in [4.78, 5) is 3.50. The smallest absolute Gasteiger partial charge is 0.163 e. The van der Waals surface area contributed by atoms with Gasteiger partial charge in [0.2, 0.25) is 0 Å². The fourth-order valence-electron chi connectivity index (χ4n) is 3.26. The highest BCUT2D eigenvalue weighted by Crippen LogP contribution is 2.38. The Morgan fingerprint density at radius 2 is 1.46 bits per heavy atom. The molecule has 2 heterocycles. The van der Waals surface area contributed by atoms with Crippen LogP contribution in [0.2, 0.25) is 0 Å². The maximum Gasteiger partial charge on any atom is 0.163 e. The molecule has 0 unspecified atom stereocenters. The average molecular weight is 374 g/mol. The summed E-state index contributed by atoms with van der Waals surface area (Å²) in [5.74, 6) is 1.76. The van der Waals surface area contributed by atoms with E-state index < -0.39 is 0 Å². The van der Waals surface area contributed by atoms with Crippen LogP contribution in [0.4, 0.5) is 0 Å². The first-order chi connectivity index (χ1) is 12.8. The molecule has 0 bridgehead atoms. The van der Waals surface area contributed by atoms with E-state index in [2.05, 4.69) is 42.4 Å². The summed E-state index contributed by atoms with van der Waals surface area (Å²) in [6, 6.07) is 6.41. The van der Waals surface area contributed by atoms with E-state index in [-0.39, 0.29) is 0 Å². The summed E-state index contributed by atoms with van der Waals surface area (Å²) < 4.78 is 13.5. The van der Waals surface area contributed by atoms with Crippen molar-refractivity contribution in [3.8, 4) is 11.5 Å². The zero-order chi connectivity index (χ0) is 18.2. The van der Waals surface area contributed by atoms with Crippen molar-refractivity contribution in [1.82, 2.24) is 4.98 Å². The van der Waals surface area contributed by atoms with Crippen LogP contribution in [0.5, 0.6) is 11.5 Å². The summed E-state index contributed by atoms with van der Waals surface area (Å²) in [6.07, 6.45) is 9.70. The molecule has 0 aliphatic carbocycles. The molecular weight excluding hydrogens is 342 g/mol. The molecule has 3 rings (SSSR count). The van der Waals surface area contributed by atoms with E-state index in [9.17, 15) is 0 Å². The van der Waals surface area contributed by atoms with Gasteiger partial charge in [-0.1, -0.05) is 52.4 Å². The van der Waals surface area contributed by atoms with E-state index in [1.54, 1.807) is 11.3 Å². The number of hydrogen-bond donors (Lipinski definition) is 1. The Balaban J connectivity index is 1.73. The topological polar surface area (TPSA) is 34.2 Å². The molecule has 1 aromatic carbocycles. The summed E-state index contributed by atoms with van der Waals surface area (Å²) in [5, 5.41) is 3.36. The second-order valence-corrected chi connectivity index (χ2v) is 7.87. The molecule has 0 amide bonds. The van der Waals surface area contributed by atoms with Crippen molar-refractivity contribution >= 4 is 32.5 Å². The Kier molecular flexibility index (Phi) is 7.24. The van der Waals surface area contributed by atoms with Crippen LogP contribution in [0.1, 0.15) is 65.2 Å². The number of benzene rings is 1. The molecule has 3 nitrogen and oxygen atoms in total. The highest BCUT2D eigenvalue weighted by Gasteiger charge is 2.13. The molecular formula is C22H31NO2S. The zero-order valence-corrected chi connectivity index (χ0v) is 16.9. The van der Waals surface area contributed by atoms with E-state index in [4.69, 9.17) is 9.47 Å². The summed E-state index contributed by atoms with van der Waals surface area (Å²) in [7, 11) is 0. The van der Waals surface area contributed by atoms with Gasteiger partial charge >= 0.3 is 0 Å². The van der Waals surface area contributed by atoms with Crippen molar-refractivity contribution in [2.75, 3.05) is 13.2 Å². The minimum Gasteiger partial charge on any atom is -0.490 e. The van der Waals surface area contributed by atoms with Gasteiger partial charge in [0.25, 0.3) is 0 Å². The Bertz CT molecular complexity index is 805. The lowest BCUT2D eigenvalue weighted by Crippen LogP contribution is -2.03. The Morgan fingerprint density at radius 1 is 0.808 bits per heavy atom. The number of aromatic nitrogens is 1. The summed E-state index contributed by atoms with van der Waals surface area (Å²) >= 11 is 1.77. The van der Waals surface area contributed by atoms with Crippen LogP contribution in [-0.2, 0) is 0 Å². The van der Waals surface area contributed by atoms with Crippen molar-refractivity contribution < 1.29 is 9.47 Å². The van der Waals surface area contributed by atoms with Gasteiger partial charge in [-0.25, -0.2) is 0 Å². The number of thiophene rings is 1. The van der Waals surface area contributed by atoms with Crippen molar-refractivity contribution in [2.24, 2.45) is 0 Å². The monoisotopic (exact) mass is 373 g/mol. The van der Waals surface area contributed by atoms with Crippen LogP contribution in [0.3, 0.4) is 0 Å². The van der Waals surface area contributed by atoms with Gasteiger partial charge in [0, 0.05) is 11.5 Å².